The van der Waals surface area contributed by atoms with Crippen LogP contribution in [-0.4, -0.2) is 0 Å². The lowest BCUT2D eigenvalue weighted by Gasteiger charge is -2.18. The van der Waals surface area contributed by atoms with Crippen molar-refractivity contribution in [2.24, 2.45) is 0 Å². The van der Waals surface area contributed by atoms with Gasteiger partial charge in [0.15, 0.2) is 0 Å². The monoisotopic (exact) mass is 236 g/mol. The largest absolute Gasteiger partial charge is 0.482 e. The molecule has 1 aliphatic rings. The molecular weight excluding hydrogens is 220 g/mol. The van der Waals surface area contributed by atoms with E-state index in [0.717, 1.165) is 5.76 Å². The molecule has 2 aromatic rings. The van der Waals surface area contributed by atoms with Crippen LogP contribution in [0.5, 0.6) is 0 Å². The molecule has 0 atom stereocenters. The Bertz CT molecular complexity index is 594. The maximum absolute atomic E-state index is 6.08. The van der Waals surface area contributed by atoms with Crippen LogP contribution in [0.2, 0.25) is 0 Å². The third-order valence-corrected chi connectivity index (χ3v) is 3.30. The molecule has 0 saturated heterocycles. The minimum atomic E-state index is -0.239. The Morgan fingerprint density at radius 2 is 1.56 bits per heavy atom. The number of hydrogen-bond acceptors (Lipinski definition) is 1. The van der Waals surface area contributed by atoms with Gasteiger partial charge in [0.2, 0.25) is 0 Å². The van der Waals surface area contributed by atoms with Crippen LogP contribution in [0.25, 0.3) is 11.8 Å². The standard InChI is InChI=1S/C17H16O/c1-17(2)15-11-7-6-10-14(15)16(18-17)12-13-8-4-3-5-9-13/h3-12H,1-2H3/b16-12+. The molecule has 0 bridgehead atoms. The van der Waals surface area contributed by atoms with Crippen LogP contribution < -0.4 is 0 Å². The first-order chi connectivity index (χ1) is 8.67. The highest BCUT2D eigenvalue weighted by molar-refractivity contribution is 5.81. The minimum absolute atomic E-state index is 0.239. The van der Waals surface area contributed by atoms with E-state index in [4.69, 9.17) is 4.74 Å². The fourth-order valence-corrected chi connectivity index (χ4v) is 2.42. The molecule has 1 aliphatic heterocycles. The molecule has 18 heavy (non-hydrogen) atoms. The summed E-state index contributed by atoms with van der Waals surface area (Å²) in [6.07, 6.45) is 2.10. The normalized spacial score (nSPS) is 18.4. The van der Waals surface area contributed by atoms with E-state index >= 15 is 0 Å². The fourth-order valence-electron chi connectivity index (χ4n) is 2.42. The second-order valence-corrected chi connectivity index (χ2v) is 5.08. The molecular formula is C17H16O. The van der Waals surface area contributed by atoms with E-state index in [0.29, 0.717) is 0 Å². The van der Waals surface area contributed by atoms with Crippen LogP contribution >= 0.6 is 0 Å². The summed E-state index contributed by atoms with van der Waals surface area (Å²) >= 11 is 0. The lowest BCUT2D eigenvalue weighted by molar-refractivity contribution is 0.0941. The zero-order valence-corrected chi connectivity index (χ0v) is 10.7. The molecule has 3 rings (SSSR count). The summed E-state index contributed by atoms with van der Waals surface area (Å²) in [6.45, 7) is 4.22. The molecule has 1 heteroatoms. The van der Waals surface area contributed by atoms with Crippen molar-refractivity contribution in [3.63, 3.8) is 0 Å². The van der Waals surface area contributed by atoms with Gasteiger partial charge in [-0.3, -0.25) is 0 Å². The number of ether oxygens (including phenoxy) is 1. The van der Waals surface area contributed by atoms with Crippen molar-refractivity contribution in [2.45, 2.75) is 19.4 Å². The van der Waals surface area contributed by atoms with Gasteiger partial charge in [0.25, 0.3) is 0 Å². The summed E-state index contributed by atoms with van der Waals surface area (Å²) in [7, 11) is 0. The van der Waals surface area contributed by atoms with Crippen LogP contribution in [0.1, 0.15) is 30.5 Å². The fraction of sp³-hybridized carbons (Fsp3) is 0.176. The second kappa shape index (κ2) is 4.02. The average molecular weight is 236 g/mol. The van der Waals surface area contributed by atoms with Gasteiger partial charge in [-0.15, -0.1) is 0 Å². The van der Waals surface area contributed by atoms with Crippen molar-refractivity contribution in [3.8, 4) is 0 Å². The summed E-state index contributed by atoms with van der Waals surface area (Å²) in [5.41, 5.74) is 3.38. The van der Waals surface area contributed by atoms with E-state index in [1.165, 1.54) is 16.7 Å². The van der Waals surface area contributed by atoms with Crippen molar-refractivity contribution in [3.05, 3.63) is 71.3 Å². The van der Waals surface area contributed by atoms with Gasteiger partial charge in [-0.1, -0.05) is 54.6 Å². The van der Waals surface area contributed by atoms with Crippen LogP contribution in [-0.2, 0) is 10.3 Å². The predicted molar refractivity (Wildman–Crippen MR) is 74.9 cm³/mol. The smallest absolute Gasteiger partial charge is 0.129 e. The van der Waals surface area contributed by atoms with E-state index in [9.17, 15) is 0 Å². The molecule has 0 N–H and O–H groups in total. The third kappa shape index (κ3) is 1.82. The Hall–Kier alpha value is -2.02. The quantitative estimate of drug-likeness (QED) is 0.710. The van der Waals surface area contributed by atoms with Crippen LogP contribution in [0.3, 0.4) is 0 Å². The molecule has 1 nitrogen and oxygen atoms in total. The number of benzene rings is 2. The third-order valence-electron chi connectivity index (χ3n) is 3.30. The van der Waals surface area contributed by atoms with E-state index < -0.39 is 0 Å². The first kappa shape index (κ1) is 11.1. The zero-order valence-electron chi connectivity index (χ0n) is 10.7. The maximum Gasteiger partial charge on any atom is 0.129 e. The van der Waals surface area contributed by atoms with Gasteiger partial charge in [-0.2, -0.15) is 0 Å². The predicted octanol–water partition coefficient (Wildman–Crippen LogP) is 4.45. The number of fused-ring (bicyclic) bond motifs is 1. The molecule has 0 aromatic heterocycles. The van der Waals surface area contributed by atoms with Crippen molar-refractivity contribution in [1.29, 1.82) is 0 Å². The molecule has 90 valence electrons. The first-order valence-corrected chi connectivity index (χ1v) is 6.22. The summed E-state index contributed by atoms with van der Waals surface area (Å²) < 4.78 is 6.08. The first-order valence-electron chi connectivity index (χ1n) is 6.22. The molecule has 0 radical (unpaired) electrons. The molecule has 0 aliphatic carbocycles. The molecule has 0 fully saturated rings. The Kier molecular flexibility index (Phi) is 2.48. The van der Waals surface area contributed by atoms with Gasteiger partial charge >= 0.3 is 0 Å². The lowest BCUT2D eigenvalue weighted by atomic mass is 9.95. The van der Waals surface area contributed by atoms with E-state index in [1.807, 2.05) is 18.2 Å². The SMILES string of the molecule is CC1(C)O/C(=C/c2ccccc2)c2ccccc21. The topological polar surface area (TPSA) is 9.23 Å². The van der Waals surface area contributed by atoms with Gasteiger partial charge in [0, 0.05) is 11.1 Å². The van der Waals surface area contributed by atoms with E-state index in [2.05, 4.69) is 56.3 Å². The molecule has 0 spiro atoms. The summed E-state index contributed by atoms with van der Waals surface area (Å²) in [6, 6.07) is 18.7. The van der Waals surface area contributed by atoms with Crippen LogP contribution in [0, 0.1) is 0 Å². The zero-order chi connectivity index (χ0) is 12.6. The van der Waals surface area contributed by atoms with Gasteiger partial charge in [0.05, 0.1) is 0 Å². The number of rotatable bonds is 1. The molecule has 0 unspecified atom stereocenters. The Morgan fingerprint density at radius 3 is 2.33 bits per heavy atom. The molecule has 0 saturated carbocycles. The van der Waals surface area contributed by atoms with Crippen molar-refractivity contribution >= 4 is 11.8 Å². The van der Waals surface area contributed by atoms with Crippen molar-refractivity contribution < 1.29 is 4.74 Å². The van der Waals surface area contributed by atoms with Gasteiger partial charge in [-0.25, -0.2) is 0 Å². The van der Waals surface area contributed by atoms with Gasteiger partial charge < -0.3 is 4.74 Å². The van der Waals surface area contributed by atoms with Gasteiger partial charge in [-0.05, 0) is 25.5 Å². The van der Waals surface area contributed by atoms with E-state index in [1.54, 1.807) is 0 Å². The summed E-state index contributed by atoms with van der Waals surface area (Å²) in [5.74, 6) is 0.960. The minimum Gasteiger partial charge on any atom is -0.482 e. The Labute approximate surface area is 108 Å². The maximum atomic E-state index is 6.08. The molecule has 0 amide bonds. The van der Waals surface area contributed by atoms with Crippen molar-refractivity contribution in [1.82, 2.24) is 0 Å². The second-order valence-electron chi connectivity index (χ2n) is 5.08. The van der Waals surface area contributed by atoms with Crippen LogP contribution in [0.4, 0.5) is 0 Å². The highest BCUT2D eigenvalue weighted by Crippen LogP contribution is 2.42. The average Bonchev–Trinajstić information content (AvgIpc) is 2.63. The summed E-state index contributed by atoms with van der Waals surface area (Å²) in [5, 5.41) is 0. The van der Waals surface area contributed by atoms with Crippen molar-refractivity contribution in [2.75, 3.05) is 0 Å². The molecule has 1 heterocycles. The Morgan fingerprint density at radius 1 is 0.889 bits per heavy atom. The lowest BCUT2D eigenvalue weighted by Crippen LogP contribution is -2.14. The van der Waals surface area contributed by atoms with Crippen LogP contribution in [0.15, 0.2) is 54.6 Å². The summed E-state index contributed by atoms with van der Waals surface area (Å²) in [4.78, 5) is 0. The Balaban J connectivity index is 2.09. The highest BCUT2D eigenvalue weighted by atomic mass is 16.5. The molecule has 2 aromatic carbocycles. The highest BCUT2D eigenvalue weighted by Gasteiger charge is 2.34. The van der Waals surface area contributed by atoms with Gasteiger partial charge in [0.1, 0.15) is 11.4 Å². The number of hydrogen-bond donors (Lipinski definition) is 0. The van der Waals surface area contributed by atoms with E-state index in [-0.39, 0.29) is 5.60 Å².